The molecule has 0 aliphatic heterocycles. The minimum Gasteiger partial charge on any atom is -0.477 e. The van der Waals surface area contributed by atoms with Crippen LogP contribution in [-0.4, -0.2) is 11.1 Å². The third-order valence-corrected chi connectivity index (χ3v) is 14.2. The van der Waals surface area contributed by atoms with Crippen LogP contribution in [0.25, 0.3) is 60.7 Å². The molecule has 0 saturated carbocycles. The summed E-state index contributed by atoms with van der Waals surface area (Å²) in [6, 6.07) is 50.7. The summed E-state index contributed by atoms with van der Waals surface area (Å²) in [6.07, 6.45) is 5.78. The average Bonchev–Trinajstić information content (AvgIpc) is 3.94. The number of hydrogen-bond acceptors (Lipinski definition) is 5. The van der Waals surface area contributed by atoms with Gasteiger partial charge in [-0.2, -0.15) is 5.26 Å². The van der Waals surface area contributed by atoms with Gasteiger partial charge in [-0.3, -0.25) is 0 Å². The maximum Gasteiger partial charge on any atom is 0.346 e. The van der Waals surface area contributed by atoms with E-state index < -0.39 is 5.97 Å². The van der Waals surface area contributed by atoms with Gasteiger partial charge in [0.2, 0.25) is 0 Å². The fourth-order valence-corrected chi connectivity index (χ4v) is 11.1. The number of nitriles is 1. The molecule has 2 aromatic heterocycles. The molecular formula is C52H38N2O2S2. The van der Waals surface area contributed by atoms with Crippen LogP contribution in [0.5, 0.6) is 0 Å². The molecule has 0 fully saturated rings. The molecule has 0 saturated heterocycles. The number of carboxylic acid groups (broad SMARTS) is 1. The quantitative estimate of drug-likeness (QED) is 0.129. The average molecular weight is 787 g/mol. The summed E-state index contributed by atoms with van der Waals surface area (Å²) in [4.78, 5) is 15.7. The van der Waals surface area contributed by atoms with Gasteiger partial charge in [-0.15, -0.1) is 22.7 Å². The molecule has 0 amide bonds. The second-order valence-corrected chi connectivity index (χ2v) is 18.5. The number of carboxylic acids is 1. The van der Waals surface area contributed by atoms with Gasteiger partial charge in [0.15, 0.2) is 0 Å². The van der Waals surface area contributed by atoms with Gasteiger partial charge in [0.1, 0.15) is 11.6 Å². The molecule has 0 unspecified atom stereocenters. The molecule has 4 nitrogen and oxygen atoms in total. The van der Waals surface area contributed by atoms with Crippen molar-refractivity contribution in [1.29, 1.82) is 5.26 Å². The maximum atomic E-state index is 11.3. The smallest absolute Gasteiger partial charge is 0.346 e. The van der Waals surface area contributed by atoms with E-state index in [0.29, 0.717) is 0 Å². The fourth-order valence-electron chi connectivity index (χ4n) is 9.07. The molecule has 0 bridgehead atoms. The minimum absolute atomic E-state index is 0.115. The van der Waals surface area contributed by atoms with E-state index in [4.69, 9.17) is 0 Å². The Kier molecular flexibility index (Phi) is 8.21. The third kappa shape index (κ3) is 5.73. The molecule has 6 aromatic carbocycles. The fraction of sp³-hybridized carbons (Fsp3) is 0.115. The summed E-state index contributed by atoms with van der Waals surface area (Å²) in [5, 5.41) is 20.6. The Balaban J connectivity index is 0.996. The normalized spacial score (nSPS) is 14.6. The van der Waals surface area contributed by atoms with Crippen molar-refractivity contribution in [3.05, 3.63) is 177 Å². The predicted octanol–water partition coefficient (Wildman–Crippen LogP) is 14.4. The first-order valence-corrected chi connectivity index (χ1v) is 21.0. The van der Waals surface area contributed by atoms with Crippen molar-refractivity contribution < 1.29 is 9.90 Å². The molecule has 0 atom stereocenters. The van der Waals surface area contributed by atoms with Gasteiger partial charge >= 0.3 is 5.97 Å². The van der Waals surface area contributed by atoms with E-state index in [0.717, 1.165) is 52.6 Å². The van der Waals surface area contributed by atoms with Gasteiger partial charge < -0.3 is 10.0 Å². The molecule has 8 aromatic rings. The van der Waals surface area contributed by atoms with Crippen LogP contribution in [0.3, 0.4) is 0 Å². The Morgan fingerprint density at radius 1 is 0.586 bits per heavy atom. The zero-order chi connectivity index (χ0) is 39.9. The zero-order valence-corrected chi connectivity index (χ0v) is 34.1. The minimum atomic E-state index is -1.21. The molecule has 6 heteroatoms. The lowest BCUT2D eigenvalue weighted by Gasteiger charge is -2.29. The second-order valence-electron chi connectivity index (χ2n) is 16.3. The number of carbonyl (C=O) groups is 1. The highest BCUT2D eigenvalue weighted by Gasteiger charge is 2.37. The molecule has 58 heavy (non-hydrogen) atoms. The topological polar surface area (TPSA) is 64.3 Å². The Morgan fingerprint density at radius 2 is 1.07 bits per heavy atom. The summed E-state index contributed by atoms with van der Waals surface area (Å²) in [7, 11) is 0. The van der Waals surface area contributed by atoms with E-state index in [9.17, 15) is 15.2 Å². The van der Waals surface area contributed by atoms with Gasteiger partial charge in [-0.25, -0.2) is 4.79 Å². The number of fused-ring (bicyclic) bond motifs is 8. The number of nitrogens with zero attached hydrogens (tertiary/aromatic N) is 2. The van der Waals surface area contributed by atoms with Gasteiger partial charge in [0, 0.05) is 47.0 Å². The first-order chi connectivity index (χ1) is 28.0. The van der Waals surface area contributed by atoms with Crippen molar-refractivity contribution in [3.63, 3.8) is 0 Å². The highest BCUT2D eigenvalue weighted by atomic mass is 32.1. The van der Waals surface area contributed by atoms with E-state index >= 15 is 0 Å². The van der Waals surface area contributed by atoms with E-state index in [1.54, 1.807) is 17.4 Å². The number of anilines is 3. The van der Waals surface area contributed by atoms with Crippen molar-refractivity contribution in [2.75, 3.05) is 4.90 Å². The van der Waals surface area contributed by atoms with E-state index in [-0.39, 0.29) is 16.4 Å². The lowest BCUT2D eigenvalue weighted by atomic mass is 9.82. The van der Waals surface area contributed by atoms with Crippen LogP contribution in [0, 0.1) is 11.3 Å². The van der Waals surface area contributed by atoms with Crippen LogP contribution >= 0.6 is 22.7 Å². The van der Waals surface area contributed by atoms with E-state index in [2.05, 4.69) is 172 Å². The van der Waals surface area contributed by atoms with Crippen molar-refractivity contribution in [3.8, 4) is 28.3 Å². The molecule has 0 radical (unpaired) electrons. The molecule has 2 aliphatic carbocycles. The lowest BCUT2D eigenvalue weighted by Crippen LogP contribution is -2.18. The van der Waals surface area contributed by atoms with Crippen molar-refractivity contribution in [2.45, 2.75) is 38.5 Å². The summed E-state index contributed by atoms with van der Waals surface area (Å²) in [5.41, 5.74) is 14.7. The summed E-state index contributed by atoms with van der Waals surface area (Å²) in [6.45, 7) is 9.36. The van der Waals surface area contributed by atoms with Gasteiger partial charge in [0.25, 0.3) is 0 Å². The van der Waals surface area contributed by atoms with Crippen molar-refractivity contribution >= 4 is 84.1 Å². The first-order valence-electron chi connectivity index (χ1n) is 19.4. The van der Waals surface area contributed by atoms with Crippen LogP contribution in [-0.2, 0) is 15.6 Å². The van der Waals surface area contributed by atoms with Gasteiger partial charge in [0.05, 0.1) is 0 Å². The van der Waals surface area contributed by atoms with Gasteiger partial charge in [-0.05, 0) is 134 Å². The van der Waals surface area contributed by atoms with Crippen LogP contribution in [0.1, 0.15) is 65.3 Å². The van der Waals surface area contributed by atoms with Crippen molar-refractivity contribution in [1.82, 2.24) is 0 Å². The number of rotatable bonds is 7. The van der Waals surface area contributed by atoms with Crippen LogP contribution < -0.4 is 4.90 Å². The highest BCUT2D eigenvalue weighted by molar-refractivity contribution is 7.21. The monoisotopic (exact) mass is 786 g/mol. The summed E-state index contributed by atoms with van der Waals surface area (Å²) < 4.78 is 2.22. The molecule has 2 aliphatic rings. The van der Waals surface area contributed by atoms with Crippen LogP contribution in [0.4, 0.5) is 17.1 Å². The second kappa shape index (κ2) is 13.3. The van der Waals surface area contributed by atoms with Crippen LogP contribution in [0.15, 0.2) is 139 Å². The van der Waals surface area contributed by atoms with Gasteiger partial charge in [-0.1, -0.05) is 107 Å². The van der Waals surface area contributed by atoms with E-state index in [1.165, 1.54) is 61.9 Å². The Bertz CT molecular complexity index is 2960. The van der Waals surface area contributed by atoms with Crippen LogP contribution in [0.2, 0.25) is 0 Å². The number of thiophene rings is 2. The van der Waals surface area contributed by atoms with Crippen molar-refractivity contribution in [2.24, 2.45) is 0 Å². The third-order valence-electron chi connectivity index (χ3n) is 12.1. The first kappa shape index (κ1) is 35.9. The number of hydrogen-bond donors (Lipinski definition) is 1. The Labute approximate surface area is 345 Å². The molecule has 2 heterocycles. The molecular weight excluding hydrogens is 749 g/mol. The highest BCUT2D eigenvalue weighted by Crippen LogP contribution is 2.53. The zero-order valence-electron chi connectivity index (χ0n) is 32.5. The largest absolute Gasteiger partial charge is 0.477 e. The maximum absolute atomic E-state index is 11.3. The molecule has 280 valence electrons. The Hall–Kier alpha value is -6.52. The Morgan fingerprint density at radius 3 is 1.60 bits per heavy atom. The standard InChI is InChI=1S/C52H38N2O2S2/c1-51(2)44-11-7-5-9-40(44)42-21-18-36(28-46(42)51)54(37-19-22-43-41-10-6-8-12-45(41)52(3,4)47(43)29-37)35-16-13-31(14-17-35)15-20-38-23-32-26-49-33(27-48(32)57-38)24-39(58-49)25-34(30-53)50(55)56/h5-29H,1-4H3,(H,55,56)/b20-15+,34-25+. The number of aliphatic carboxylic acids is 1. The SMILES string of the molecule is CC1(C)c2ccccc2-c2ccc(N(c3ccc(/C=C/c4cc5cc6sc(/C=C(\C#N)C(=O)O)cc6cc5s4)cc3)c3ccc4c(c3)C(C)(C)c3ccccc3-4)cc21. The summed E-state index contributed by atoms with van der Waals surface area (Å²) >= 11 is 3.21. The number of benzene rings is 6. The molecule has 0 spiro atoms. The summed E-state index contributed by atoms with van der Waals surface area (Å²) in [5.74, 6) is -1.21. The molecule has 10 rings (SSSR count). The van der Waals surface area contributed by atoms with E-state index in [1.807, 2.05) is 6.07 Å². The molecule has 1 N–H and O–H groups in total. The lowest BCUT2D eigenvalue weighted by molar-refractivity contribution is -0.132. The predicted molar refractivity (Wildman–Crippen MR) is 244 cm³/mol.